The molecule has 0 fully saturated rings. The minimum atomic E-state index is 0.0949. The van der Waals surface area contributed by atoms with Gasteiger partial charge in [0.1, 0.15) is 0 Å². The Kier molecular flexibility index (Phi) is 7.06. The van der Waals surface area contributed by atoms with Crippen LogP contribution in [0.25, 0.3) is 0 Å². The third-order valence-corrected chi connectivity index (χ3v) is 2.72. The van der Waals surface area contributed by atoms with Crippen LogP contribution in [0.3, 0.4) is 0 Å². The van der Waals surface area contributed by atoms with Gasteiger partial charge in [0.25, 0.3) is 0 Å². The van der Waals surface area contributed by atoms with Crippen molar-refractivity contribution in [2.75, 3.05) is 20.7 Å². The Bertz CT molecular complexity index is 367. The summed E-state index contributed by atoms with van der Waals surface area (Å²) in [4.78, 5) is 11.6. The zero-order valence-corrected chi connectivity index (χ0v) is 11.2. The number of nitrogens with one attached hydrogen (secondary N) is 2. The molecule has 100 valence electrons. The molecule has 0 radical (unpaired) electrons. The van der Waals surface area contributed by atoms with Crippen LogP contribution in [0, 0.1) is 0 Å². The average molecular weight is 250 g/mol. The Hall–Kier alpha value is -1.39. The molecule has 1 rings (SSSR count). The second-order valence-electron chi connectivity index (χ2n) is 4.19. The fourth-order valence-electron chi connectivity index (χ4n) is 1.73. The topological polar surface area (TPSA) is 50.4 Å². The van der Waals surface area contributed by atoms with Crippen molar-refractivity contribution >= 4 is 5.91 Å². The summed E-state index contributed by atoms with van der Waals surface area (Å²) in [5, 5.41) is 5.96. The van der Waals surface area contributed by atoms with Crippen molar-refractivity contribution in [3.63, 3.8) is 0 Å². The molecule has 18 heavy (non-hydrogen) atoms. The molecule has 0 unspecified atom stereocenters. The van der Waals surface area contributed by atoms with E-state index in [1.807, 2.05) is 31.3 Å². The summed E-state index contributed by atoms with van der Waals surface area (Å²) < 4.78 is 5.13. The number of rotatable bonds is 8. The molecular weight excluding hydrogens is 228 g/mol. The lowest BCUT2D eigenvalue weighted by Gasteiger charge is -2.10. The quantitative estimate of drug-likeness (QED) is 0.687. The summed E-state index contributed by atoms with van der Waals surface area (Å²) in [6.07, 6.45) is 1.43. The summed E-state index contributed by atoms with van der Waals surface area (Å²) in [5.74, 6) is 0.0949. The van der Waals surface area contributed by atoms with Gasteiger partial charge < -0.3 is 15.4 Å². The Labute approximate surface area is 109 Å². The highest BCUT2D eigenvalue weighted by atomic mass is 16.5. The molecule has 0 atom stereocenters. The van der Waals surface area contributed by atoms with Gasteiger partial charge in [-0.05, 0) is 31.1 Å². The van der Waals surface area contributed by atoms with Gasteiger partial charge in [-0.1, -0.05) is 24.3 Å². The summed E-state index contributed by atoms with van der Waals surface area (Å²) in [7, 11) is 3.56. The molecule has 0 saturated carbocycles. The average Bonchev–Trinajstić information content (AvgIpc) is 2.38. The molecule has 4 heteroatoms. The van der Waals surface area contributed by atoms with Crippen molar-refractivity contribution in [1.82, 2.24) is 10.6 Å². The van der Waals surface area contributed by atoms with Crippen molar-refractivity contribution in [3.8, 4) is 0 Å². The fourth-order valence-corrected chi connectivity index (χ4v) is 1.73. The van der Waals surface area contributed by atoms with Crippen molar-refractivity contribution in [2.24, 2.45) is 0 Å². The van der Waals surface area contributed by atoms with Gasteiger partial charge in [-0.15, -0.1) is 0 Å². The summed E-state index contributed by atoms with van der Waals surface area (Å²) in [5.41, 5.74) is 2.23. The smallest absolute Gasteiger partial charge is 0.220 e. The first-order valence-electron chi connectivity index (χ1n) is 6.25. The molecule has 0 aromatic heterocycles. The van der Waals surface area contributed by atoms with Gasteiger partial charge >= 0.3 is 0 Å². The maximum atomic E-state index is 11.6. The van der Waals surface area contributed by atoms with Crippen LogP contribution < -0.4 is 10.6 Å². The molecule has 0 saturated heterocycles. The normalized spacial score (nSPS) is 10.3. The largest absolute Gasteiger partial charge is 0.380 e. The van der Waals surface area contributed by atoms with Gasteiger partial charge in [-0.2, -0.15) is 0 Å². The van der Waals surface area contributed by atoms with Gasteiger partial charge in [-0.25, -0.2) is 0 Å². The number of carbonyl (C=O) groups is 1. The first kappa shape index (κ1) is 14.7. The second-order valence-corrected chi connectivity index (χ2v) is 4.19. The molecule has 0 heterocycles. The van der Waals surface area contributed by atoms with E-state index in [4.69, 9.17) is 4.74 Å². The zero-order valence-electron chi connectivity index (χ0n) is 11.2. The van der Waals surface area contributed by atoms with Crippen LogP contribution in [0.15, 0.2) is 24.3 Å². The lowest BCUT2D eigenvalue weighted by Crippen LogP contribution is -2.24. The van der Waals surface area contributed by atoms with Crippen molar-refractivity contribution in [3.05, 3.63) is 35.4 Å². The molecule has 1 aromatic carbocycles. The Balaban J connectivity index is 2.40. The minimum Gasteiger partial charge on any atom is -0.380 e. The SMILES string of the molecule is CNCCCC(=O)NCc1ccccc1COC. The van der Waals surface area contributed by atoms with Gasteiger partial charge in [0, 0.05) is 20.1 Å². The van der Waals surface area contributed by atoms with Gasteiger partial charge in [0.15, 0.2) is 0 Å². The number of benzene rings is 1. The number of methoxy groups -OCH3 is 1. The highest BCUT2D eigenvalue weighted by molar-refractivity contribution is 5.75. The number of ether oxygens (including phenoxy) is 1. The van der Waals surface area contributed by atoms with Crippen LogP contribution in [0.1, 0.15) is 24.0 Å². The first-order chi connectivity index (χ1) is 8.77. The molecule has 1 amide bonds. The minimum absolute atomic E-state index is 0.0949. The standard InChI is InChI=1S/C14H22N2O2/c1-15-9-5-8-14(17)16-10-12-6-3-4-7-13(12)11-18-2/h3-4,6-7,15H,5,8-11H2,1-2H3,(H,16,17). The van der Waals surface area contributed by atoms with E-state index >= 15 is 0 Å². The van der Waals surface area contributed by atoms with E-state index in [1.54, 1.807) is 7.11 Å². The van der Waals surface area contributed by atoms with E-state index in [-0.39, 0.29) is 5.91 Å². The molecule has 1 aromatic rings. The highest BCUT2D eigenvalue weighted by Gasteiger charge is 2.04. The lowest BCUT2D eigenvalue weighted by atomic mass is 10.1. The van der Waals surface area contributed by atoms with Crippen molar-refractivity contribution in [1.29, 1.82) is 0 Å². The Morgan fingerprint density at radius 2 is 2.00 bits per heavy atom. The van der Waals surface area contributed by atoms with Crippen LogP contribution >= 0.6 is 0 Å². The van der Waals surface area contributed by atoms with E-state index in [0.29, 0.717) is 19.6 Å². The molecular formula is C14H22N2O2. The van der Waals surface area contributed by atoms with E-state index in [9.17, 15) is 4.79 Å². The third kappa shape index (κ3) is 5.29. The van der Waals surface area contributed by atoms with Crippen LogP contribution in [0.5, 0.6) is 0 Å². The van der Waals surface area contributed by atoms with E-state index < -0.39 is 0 Å². The van der Waals surface area contributed by atoms with Crippen LogP contribution in [-0.2, 0) is 22.7 Å². The Morgan fingerprint density at radius 1 is 1.28 bits per heavy atom. The number of hydrogen-bond acceptors (Lipinski definition) is 3. The molecule has 0 bridgehead atoms. The highest BCUT2D eigenvalue weighted by Crippen LogP contribution is 2.09. The summed E-state index contributed by atoms with van der Waals surface area (Å²) >= 11 is 0. The molecule has 2 N–H and O–H groups in total. The lowest BCUT2D eigenvalue weighted by molar-refractivity contribution is -0.121. The van der Waals surface area contributed by atoms with Crippen LogP contribution in [0.2, 0.25) is 0 Å². The van der Waals surface area contributed by atoms with Crippen molar-refractivity contribution in [2.45, 2.75) is 26.0 Å². The maximum Gasteiger partial charge on any atom is 0.220 e. The van der Waals surface area contributed by atoms with E-state index in [2.05, 4.69) is 10.6 Å². The van der Waals surface area contributed by atoms with E-state index in [0.717, 1.165) is 24.1 Å². The molecule has 0 aliphatic carbocycles. The first-order valence-corrected chi connectivity index (χ1v) is 6.25. The Morgan fingerprint density at radius 3 is 2.67 bits per heavy atom. The van der Waals surface area contributed by atoms with Crippen LogP contribution in [-0.4, -0.2) is 26.6 Å². The van der Waals surface area contributed by atoms with Gasteiger partial charge in [0.05, 0.1) is 6.61 Å². The van der Waals surface area contributed by atoms with Crippen LogP contribution in [0.4, 0.5) is 0 Å². The summed E-state index contributed by atoms with van der Waals surface area (Å²) in [6.45, 7) is 2.01. The molecule has 0 aliphatic rings. The monoisotopic (exact) mass is 250 g/mol. The van der Waals surface area contributed by atoms with E-state index in [1.165, 1.54) is 0 Å². The van der Waals surface area contributed by atoms with Crippen molar-refractivity contribution < 1.29 is 9.53 Å². The summed E-state index contributed by atoms with van der Waals surface area (Å²) in [6, 6.07) is 7.99. The number of amides is 1. The zero-order chi connectivity index (χ0) is 13.2. The predicted octanol–water partition coefficient (Wildman–Crippen LogP) is 1.45. The van der Waals surface area contributed by atoms with Gasteiger partial charge in [-0.3, -0.25) is 4.79 Å². The van der Waals surface area contributed by atoms with Gasteiger partial charge in [0.2, 0.25) is 5.91 Å². The molecule has 0 aliphatic heterocycles. The molecule has 4 nitrogen and oxygen atoms in total. The number of hydrogen-bond donors (Lipinski definition) is 2. The second kappa shape index (κ2) is 8.66. The predicted molar refractivity (Wildman–Crippen MR) is 72.2 cm³/mol. The fraction of sp³-hybridized carbons (Fsp3) is 0.500. The number of carbonyl (C=O) groups excluding carboxylic acids is 1. The third-order valence-electron chi connectivity index (χ3n) is 2.72. The maximum absolute atomic E-state index is 11.6. The molecule has 0 spiro atoms.